The van der Waals surface area contributed by atoms with E-state index in [4.69, 9.17) is 15.2 Å². The molecule has 1 heterocycles. The van der Waals surface area contributed by atoms with Crippen LogP contribution in [0.25, 0.3) is 0 Å². The summed E-state index contributed by atoms with van der Waals surface area (Å²) in [4.78, 5) is 2.47. The highest BCUT2D eigenvalue weighted by Crippen LogP contribution is 2.33. The normalized spacial score (nSPS) is 18.2. The van der Waals surface area contributed by atoms with E-state index in [2.05, 4.69) is 30.9 Å². The van der Waals surface area contributed by atoms with Crippen molar-refractivity contribution in [1.82, 2.24) is 4.90 Å². The fourth-order valence-electron chi connectivity index (χ4n) is 2.67. The molecular weight excluding hydrogens is 252 g/mol. The number of hydrogen-bond acceptors (Lipinski definition) is 4. The third-order valence-corrected chi connectivity index (χ3v) is 4.24. The molecule has 0 spiro atoms. The van der Waals surface area contributed by atoms with E-state index < -0.39 is 0 Å². The minimum Gasteiger partial charge on any atom is -0.493 e. The molecule has 2 atom stereocenters. The van der Waals surface area contributed by atoms with Crippen molar-refractivity contribution >= 4 is 0 Å². The molecule has 1 aliphatic rings. The standard InChI is InChI=1S/C16H26N2O2/c1-11(12(2)17)9-18-6-5-13-7-15(19-3)16(20-4)8-14(13)10-18/h7-8,11-12H,5-6,9-10,17H2,1-4H3. The van der Waals surface area contributed by atoms with Crippen LogP contribution in [0.2, 0.25) is 0 Å². The van der Waals surface area contributed by atoms with Gasteiger partial charge in [-0.15, -0.1) is 0 Å². The van der Waals surface area contributed by atoms with Crippen molar-refractivity contribution in [2.45, 2.75) is 32.9 Å². The van der Waals surface area contributed by atoms with Gasteiger partial charge in [0.25, 0.3) is 0 Å². The summed E-state index contributed by atoms with van der Waals surface area (Å²) in [6, 6.07) is 4.46. The maximum Gasteiger partial charge on any atom is 0.161 e. The molecule has 0 fully saturated rings. The zero-order valence-electron chi connectivity index (χ0n) is 13.0. The molecule has 112 valence electrons. The Morgan fingerprint density at radius 3 is 2.30 bits per heavy atom. The summed E-state index contributed by atoms with van der Waals surface area (Å²) in [5.41, 5.74) is 8.67. The van der Waals surface area contributed by atoms with Gasteiger partial charge < -0.3 is 15.2 Å². The topological polar surface area (TPSA) is 47.7 Å². The molecule has 4 heteroatoms. The first kappa shape index (κ1) is 15.1. The summed E-state index contributed by atoms with van der Waals surface area (Å²) in [6.07, 6.45) is 1.06. The monoisotopic (exact) mass is 278 g/mol. The molecule has 4 nitrogen and oxygen atoms in total. The van der Waals surface area contributed by atoms with Crippen LogP contribution in [0, 0.1) is 5.92 Å². The second kappa shape index (κ2) is 6.46. The third-order valence-electron chi connectivity index (χ3n) is 4.24. The number of hydrogen-bond donors (Lipinski definition) is 1. The highest BCUT2D eigenvalue weighted by atomic mass is 16.5. The molecule has 2 rings (SSSR count). The molecule has 0 radical (unpaired) electrons. The lowest BCUT2D eigenvalue weighted by Crippen LogP contribution is -2.39. The third kappa shape index (κ3) is 3.25. The minimum atomic E-state index is 0.238. The molecule has 0 amide bonds. The summed E-state index contributed by atoms with van der Waals surface area (Å²) in [5, 5.41) is 0. The first-order chi connectivity index (χ1) is 9.55. The smallest absolute Gasteiger partial charge is 0.161 e. The average molecular weight is 278 g/mol. The Labute approximate surface area is 121 Å². The van der Waals surface area contributed by atoms with E-state index in [-0.39, 0.29) is 6.04 Å². The van der Waals surface area contributed by atoms with E-state index >= 15 is 0 Å². The molecule has 20 heavy (non-hydrogen) atoms. The summed E-state index contributed by atoms with van der Waals surface area (Å²) in [5.74, 6) is 2.15. The largest absolute Gasteiger partial charge is 0.493 e. The van der Waals surface area contributed by atoms with Crippen LogP contribution >= 0.6 is 0 Å². The van der Waals surface area contributed by atoms with Crippen LogP contribution in [0.3, 0.4) is 0 Å². The van der Waals surface area contributed by atoms with E-state index in [1.807, 2.05) is 0 Å². The lowest BCUT2D eigenvalue weighted by atomic mass is 9.96. The molecule has 2 N–H and O–H groups in total. The summed E-state index contributed by atoms with van der Waals surface area (Å²) < 4.78 is 10.8. The van der Waals surface area contributed by atoms with E-state index in [0.717, 1.165) is 37.6 Å². The van der Waals surface area contributed by atoms with Gasteiger partial charge in [-0.3, -0.25) is 4.90 Å². The maximum absolute atomic E-state index is 5.97. The lowest BCUT2D eigenvalue weighted by Gasteiger charge is -2.32. The average Bonchev–Trinajstić information content (AvgIpc) is 2.45. The highest BCUT2D eigenvalue weighted by Gasteiger charge is 2.21. The first-order valence-electron chi connectivity index (χ1n) is 7.26. The summed E-state index contributed by atoms with van der Waals surface area (Å²) >= 11 is 0. The number of nitrogens with zero attached hydrogens (tertiary/aromatic N) is 1. The van der Waals surface area contributed by atoms with Gasteiger partial charge in [-0.25, -0.2) is 0 Å². The second-order valence-electron chi connectivity index (χ2n) is 5.80. The van der Waals surface area contributed by atoms with E-state index in [1.54, 1.807) is 14.2 Å². The van der Waals surface area contributed by atoms with E-state index in [1.165, 1.54) is 11.1 Å². The van der Waals surface area contributed by atoms with Crippen LogP contribution < -0.4 is 15.2 Å². The highest BCUT2D eigenvalue weighted by molar-refractivity contribution is 5.48. The SMILES string of the molecule is COc1cc2c(cc1OC)CN(CC(C)C(C)N)CC2. The Kier molecular flexibility index (Phi) is 4.89. The van der Waals surface area contributed by atoms with Crippen molar-refractivity contribution < 1.29 is 9.47 Å². The molecule has 0 bridgehead atoms. The van der Waals surface area contributed by atoms with Crippen LogP contribution in [0.5, 0.6) is 11.5 Å². The molecule has 0 aliphatic carbocycles. The number of rotatable bonds is 5. The first-order valence-corrected chi connectivity index (χ1v) is 7.26. The molecule has 0 saturated carbocycles. The fraction of sp³-hybridized carbons (Fsp3) is 0.625. The zero-order chi connectivity index (χ0) is 14.7. The van der Waals surface area contributed by atoms with Crippen LogP contribution in [0.4, 0.5) is 0 Å². The van der Waals surface area contributed by atoms with Crippen molar-refractivity contribution in [3.05, 3.63) is 23.3 Å². The van der Waals surface area contributed by atoms with Crippen LogP contribution in [0.1, 0.15) is 25.0 Å². The Morgan fingerprint density at radius 1 is 1.15 bits per heavy atom. The second-order valence-corrected chi connectivity index (χ2v) is 5.80. The Balaban J connectivity index is 2.13. The molecule has 1 aromatic rings. The fourth-order valence-corrected chi connectivity index (χ4v) is 2.67. The molecule has 0 aromatic heterocycles. The van der Waals surface area contributed by atoms with Gasteiger partial charge in [0.15, 0.2) is 11.5 Å². The van der Waals surface area contributed by atoms with Crippen LogP contribution in [0.15, 0.2) is 12.1 Å². The van der Waals surface area contributed by atoms with Gasteiger partial charge in [-0.1, -0.05) is 6.92 Å². The number of nitrogens with two attached hydrogens (primary N) is 1. The van der Waals surface area contributed by atoms with Crippen molar-refractivity contribution in [1.29, 1.82) is 0 Å². The predicted octanol–water partition coefficient (Wildman–Crippen LogP) is 2.05. The van der Waals surface area contributed by atoms with Gasteiger partial charge in [0.1, 0.15) is 0 Å². The van der Waals surface area contributed by atoms with E-state index in [0.29, 0.717) is 5.92 Å². The Bertz CT molecular complexity index is 460. The Morgan fingerprint density at radius 2 is 1.75 bits per heavy atom. The van der Waals surface area contributed by atoms with Gasteiger partial charge in [0.2, 0.25) is 0 Å². The van der Waals surface area contributed by atoms with Crippen LogP contribution in [-0.4, -0.2) is 38.3 Å². The summed E-state index contributed by atoms with van der Waals surface area (Å²) in [6.45, 7) is 7.39. The lowest BCUT2D eigenvalue weighted by molar-refractivity contribution is 0.208. The van der Waals surface area contributed by atoms with Gasteiger partial charge in [0, 0.05) is 25.7 Å². The Hall–Kier alpha value is -1.26. The number of methoxy groups -OCH3 is 2. The van der Waals surface area contributed by atoms with Gasteiger partial charge >= 0.3 is 0 Å². The molecule has 0 saturated heterocycles. The number of benzene rings is 1. The van der Waals surface area contributed by atoms with Crippen molar-refractivity contribution in [2.75, 3.05) is 27.3 Å². The van der Waals surface area contributed by atoms with Crippen molar-refractivity contribution in [3.63, 3.8) is 0 Å². The van der Waals surface area contributed by atoms with Crippen molar-refractivity contribution in [3.8, 4) is 11.5 Å². The van der Waals surface area contributed by atoms with E-state index in [9.17, 15) is 0 Å². The molecule has 1 aromatic carbocycles. The number of fused-ring (bicyclic) bond motifs is 1. The predicted molar refractivity (Wildman–Crippen MR) is 81.3 cm³/mol. The molecule has 2 unspecified atom stereocenters. The minimum absolute atomic E-state index is 0.238. The molecule has 1 aliphatic heterocycles. The maximum atomic E-state index is 5.97. The zero-order valence-corrected chi connectivity index (χ0v) is 13.0. The molecular formula is C16H26N2O2. The summed E-state index contributed by atoms with van der Waals surface area (Å²) in [7, 11) is 3.37. The van der Waals surface area contributed by atoms with Gasteiger partial charge in [0.05, 0.1) is 14.2 Å². The van der Waals surface area contributed by atoms with Crippen LogP contribution in [-0.2, 0) is 13.0 Å². The quantitative estimate of drug-likeness (QED) is 0.895. The number of ether oxygens (including phenoxy) is 2. The van der Waals surface area contributed by atoms with Gasteiger partial charge in [-0.05, 0) is 42.5 Å². The van der Waals surface area contributed by atoms with Crippen molar-refractivity contribution in [2.24, 2.45) is 11.7 Å². The van der Waals surface area contributed by atoms with Gasteiger partial charge in [-0.2, -0.15) is 0 Å².